The number of amides is 2. The minimum Gasteiger partial charge on any atom is -0.369 e. The zero-order valence-electron chi connectivity index (χ0n) is 18.9. The van der Waals surface area contributed by atoms with Crippen molar-refractivity contribution in [3.8, 4) is 6.07 Å². The van der Waals surface area contributed by atoms with Crippen molar-refractivity contribution < 1.29 is 9.59 Å². The topological polar surface area (TPSA) is 162 Å². The van der Waals surface area contributed by atoms with Gasteiger partial charge < -0.3 is 26.1 Å². The summed E-state index contributed by atoms with van der Waals surface area (Å²) in [5.74, 6) is 0.0250. The molecular formula is C22H20ClN11O2. The first kappa shape index (κ1) is 23.3. The molecule has 2 fully saturated rings. The van der Waals surface area contributed by atoms with E-state index in [1.165, 1.54) is 27.7 Å². The quantitative estimate of drug-likeness (QED) is 0.405. The molecule has 2 aromatic heterocycles. The number of nitriles is 1. The Hall–Kier alpha value is -4.46. The third-order valence-corrected chi connectivity index (χ3v) is 6.17. The molecule has 2 amide bonds. The van der Waals surface area contributed by atoms with E-state index >= 15 is 0 Å². The predicted octanol–water partition coefficient (Wildman–Crippen LogP) is 1.65. The minimum atomic E-state index is -0.515. The molecule has 2 aliphatic rings. The maximum Gasteiger partial charge on any atom is 0.275 e. The Bertz CT molecular complexity index is 1470. The van der Waals surface area contributed by atoms with Crippen LogP contribution in [0.5, 0.6) is 0 Å². The van der Waals surface area contributed by atoms with E-state index in [4.69, 9.17) is 23.9 Å². The maximum atomic E-state index is 12.8. The van der Waals surface area contributed by atoms with Crippen molar-refractivity contribution >= 4 is 58.0 Å². The Morgan fingerprint density at radius 2 is 2.17 bits per heavy atom. The lowest BCUT2D eigenvalue weighted by Gasteiger charge is -2.34. The van der Waals surface area contributed by atoms with Crippen LogP contribution in [0.25, 0.3) is 10.5 Å². The number of carbonyl (C=O) groups is 2. The highest BCUT2D eigenvalue weighted by Crippen LogP contribution is 2.37. The van der Waals surface area contributed by atoms with Crippen LogP contribution in [0.1, 0.15) is 18.4 Å². The highest BCUT2D eigenvalue weighted by molar-refractivity contribution is 6.36. The van der Waals surface area contributed by atoms with Crippen molar-refractivity contribution in [3.63, 3.8) is 0 Å². The molecule has 182 valence electrons. The number of nitrogens with two attached hydrogens (primary N) is 1. The van der Waals surface area contributed by atoms with Gasteiger partial charge in [-0.3, -0.25) is 14.5 Å². The smallest absolute Gasteiger partial charge is 0.275 e. The Labute approximate surface area is 210 Å². The monoisotopic (exact) mass is 505 g/mol. The first-order valence-corrected chi connectivity index (χ1v) is 11.5. The lowest BCUT2D eigenvalue weighted by Crippen LogP contribution is -2.52. The summed E-state index contributed by atoms with van der Waals surface area (Å²) in [6, 6.07) is 5.43. The molecule has 14 heteroatoms. The van der Waals surface area contributed by atoms with Crippen LogP contribution in [-0.2, 0) is 9.59 Å². The normalized spacial score (nSPS) is 16.0. The molecule has 0 atom stereocenters. The fraction of sp³-hybridized carbons (Fsp3) is 0.318. The van der Waals surface area contributed by atoms with Gasteiger partial charge in [0, 0.05) is 19.1 Å². The van der Waals surface area contributed by atoms with Crippen molar-refractivity contribution in [2.75, 3.05) is 41.7 Å². The fourth-order valence-corrected chi connectivity index (χ4v) is 4.19. The number of fused-ring (bicyclic) bond motifs is 1. The van der Waals surface area contributed by atoms with Gasteiger partial charge in [0.05, 0.1) is 47.3 Å². The van der Waals surface area contributed by atoms with Crippen molar-refractivity contribution in [3.05, 3.63) is 40.3 Å². The molecule has 36 heavy (non-hydrogen) atoms. The average molecular weight is 506 g/mol. The largest absolute Gasteiger partial charge is 0.369 e. The van der Waals surface area contributed by atoms with Crippen molar-refractivity contribution in [1.82, 2.24) is 24.5 Å². The number of hydrogen-bond donors (Lipinski definition) is 3. The van der Waals surface area contributed by atoms with E-state index in [9.17, 15) is 14.9 Å². The molecule has 4 N–H and O–H groups in total. The number of rotatable bonds is 7. The number of anilines is 4. The molecular weight excluding hydrogens is 486 g/mol. The number of aromatic nitrogens is 4. The summed E-state index contributed by atoms with van der Waals surface area (Å²) >= 11 is 6.70. The molecule has 1 aliphatic heterocycles. The zero-order valence-corrected chi connectivity index (χ0v) is 19.7. The van der Waals surface area contributed by atoms with E-state index in [0.717, 1.165) is 12.8 Å². The molecule has 1 saturated carbocycles. The zero-order chi connectivity index (χ0) is 25.4. The molecule has 1 aromatic carbocycles. The van der Waals surface area contributed by atoms with E-state index in [0.29, 0.717) is 29.4 Å². The van der Waals surface area contributed by atoms with Gasteiger partial charge in [-0.2, -0.15) is 10.2 Å². The summed E-state index contributed by atoms with van der Waals surface area (Å²) in [7, 11) is 0. The average Bonchev–Trinajstić information content (AvgIpc) is 3.56. The Kier molecular flexibility index (Phi) is 6.01. The van der Waals surface area contributed by atoms with E-state index in [1.54, 1.807) is 4.90 Å². The van der Waals surface area contributed by atoms with E-state index in [1.807, 2.05) is 0 Å². The van der Waals surface area contributed by atoms with Gasteiger partial charge in [-0.25, -0.2) is 4.98 Å². The molecule has 3 heterocycles. The molecule has 1 aliphatic carbocycles. The number of hydrogen-bond acceptors (Lipinski definition) is 9. The van der Waals surface area contributed by atoms with Gasteiger partial charge in [-0.1, -0.05) is 23.3 Å². The second-order valence-corrected chi connectivity index (χ2v) is 8.86. The molecule has 0 spiro atoms. The second kappa shape index (κ2) is 9.30. The number of carbonyl (C=O) groups excluding carboxylic acids is 2. The van der Waals surface area contributed by atoms with Gasteiger partial charge in [-0.05, 0) is 25.0 Å². The van der Waals surface area contributed by atoms with Gasteiger partial charge in [0.2, 0.25) is 11.8 Å². The van der Waals surface area contributed by atoms with Gasteiger partial charge >= 0.3 is 0 Å². The maximum absolute atomic E-state index is 12.8. The molecule has 3 aromatic rings. The summed E-state index contributed by atoms with van der Waals surface area (Å²) in [4.78, 5) is 39.4. The first-order valence-electron chi connectivity index (χ1n) is 11.1. The number of imidazole rings is 1. The van der Waals surface area contributed by atoms with E-state index < -0.39 is 5.91 Å². The minimum absolute atomic E-state index is 0.00514. The number of nitrogens with zero attached hydrogens (tertiary/aromatic N) is 8. The standard InChI is InChI=1S/C22H20ClN11O2/c1-26-17-9-27-21-20(28-13-2-3-13)30-22(31-34(17)21)29-14-6-12(8-24)7-15(19(14)23)33-5-4-32(10-16(25)35)11-18(33)36/h6-7,9,13H,2-5,10-11H2,(H2,25,35)(H2,28,29,30,31). The van der Waals surface area contributed by atoms with Gasteiger partial charge in [0.1, 0.15) is 0 Å². The van der Waals surface area contributed by atoms with Crippen LogP contribution >= 0.6 is 11.6 Å². The summed E-state index contributed by atoms with van der Waals surface area (Å²) in [5, 5.41) is 20.5. The Morgan fingerprint density at radius 3 is 2.83 bits per heavy atom. The van der Waals surface area contributed by atoms with E-state index in [2.05, 4.69) is 36.6 Å². The molecule has 1 saturated heterocycles. The van der Waals surface area contributed by atoms with Crippen LogP contribution in [0.15, 0.2) is 18.3 Å². The number of piperazine rings is 1. The van der Waals surface area contributed by atoms with Gasteiger partial charge in [-0.15, -0.1) is 4.52 Å². The van der Waals surface area contributed by atoms with Gasteiger partial charge in [0.25, 0.3) is 17.4 Å². The van der Waals surface area contributed by atoms with Crippen molar-refractivity contribution in [1.29, 1.82) is 5.26 Å². The molecule has 0 bridgehead atoms. The van der Waals surface area contributed by atoms with Crippen molar-refractivity contribution in [2.45, 2.75) is 18.9 Å². The summed E-state index contributed by atoms with van der Waals surface area (Å²) in [5.41, 5.74) is 6.61. The second-order valence-electron chi connectivity index (χ2n) is 8.48. The highest BCUT2D eigenvalue weighted by Gasteiger charge is 2.29. The van der Waals surface area contributed by atoms with Gasteiger partial charge in [0.15, 0.2) is 5.82 Å². The Morgan fingerprint density at radius 1 is 1.36 bits per heavy atom. The number of primary amides is 1. The van der Waals surface area contributed by atoms with Crippen LogP contribution in [0, 0.1) is 17.9 Å². The Balaban J connectivity index is 1.49. The summed E-state index contributed by atoms with van der Waals surface area (Å²) < 4.78 is 1.39. The third-order valence-electron chi connectivity index (χ3n) is 5.78. The fourth-order valence-electron chi connectivity index (χ4n) is 3.93. The lowest BCUT2D eigenvalue weighted by molar-refractivity contribution is -0.123. The van der Waals surface area contributed by atoms with Crippen LogP contribution in [0.4, 0.5) is 29.0 Å². The third kappa shape index (κ3) is 4.57. The lowest BCUT2D eigenvalue weighted by atomic mass is 10.1. The van der Waals surface area contributed by atoms with Crippen molar-refractivity contribution in [2.24, 2.45) is 5.73 Å². The predicted molar refractivity (Wildman–Crippen MR) is 131 cm³/mol. The molecule has 13 nitrogen and oxygen atoms in total. The van der Waals surface area contributed by atoms with Crippen LogP contribution in [-0.4, -0.2) is 68.5 Å². The molecule has 0 radical (unpaired) electrons. The van der Waals surface area contributed by atoms with Crippen LogP contribution in [0.3, 0.4) is 0 Å². The molecule has 0 unspecified atom stereocenters. The number of halogens is 1. The summed E-state index contributed by atoms with van der Waals surface area (Å²) in [6.07, 6.45) is 3.44. The van der Waals surface area contributed by atoms with E-state index in [-0.39, 0.29) is 53.9 Å². The van der Waals surface area contributed by atoms with Crippen LogP contribution < -0.4 is 21.3 Å². The van der Waals surface area contributed by atoms with Crippen LogP contribution in [0.2, 0.25) is 5.02 Å². The number of benzene rings is 1. The number of nitrogens with one attached hydrogen (secondary N) is 2. The highest BCUT2D eigenvalue weighted by atomic mass is 35.5. The SMILES string of the molecule is [C-]#[N+]c1cnc2c(NC3CC3)nc(Nc3cc(C#N)cc(N4CCN(CC(N)=O)CC4=O)c3Cl)nn12. The summed E-state index contributed by atoms with van der Waals surface area (Å²) in [6.45, 7) is 8.06. The first-order chi connectivity index (χ1) is 17.4. The molecule has 5 rings (SSSR count).